The average molecular weight is 397 g/mol. The number of amides is 1. The summed E-state index contributed by atoms with van der Waals surface area (Å²) in [4.78, 5) is 30.1. The largest absolute Gasteiger partial charge is 0.320 e. The monoisotopic (exact) mass is 397 g/mol. The number of nitrogens with zero attached hydrogens (tertiary/aromatic N) is 3. The summed E-state index contributed by atoms with van der Waals surface area (Å²) in [5, 5.41) is 9.03. The average Bonchev–Trinajstić information content (AvgIpc) is 3.06. The Morgan fingerprint density at radius 2 is 2.00 bits per heavy atom. The number of nitriles is 1. The zero-order valence-electron chi connectivity index (χ0n) is 16.0. The molecule has 2 aromatic rings. The second kappa shape index (κ2) is 8.48. The van der Waals surface area contributed by atoms with Crippen molar-refractivity contribution in [3.05, 3.63) is 65.5 Å². The number of hydrogen-bond acceptors (Lipinski definition) is 4. The number of halogens is 2. The van der Waals surface area contributed by atoms with Gasteiger partial charge in [-0.15, -0.1) is 0 Å². The van der Waals surface area contributed by atoms with Gasteiger partial charge in [0.2, 0.25) is 5.91 Å². The summed E-state index contributed by atoms with van der Waals surface area (Å²) in [6, 6.07) is 11.9. The highest BCUT2D eigenvalue weighted by molar-refractivity contribution is 5.99. The van der Waals surface area contributed by atoms with Crippen LogP contribution in [0.2, 0.25) is 0 Å². The summed E-state index contributed by atoms with van der Waals surface area (Å²) >= 11 is 0. The van der Waals surface area contributed by atoms with Crippen molar-refractivity contribution < 1.29 is 18.4 Å². The fourth-order valence-electron chi connectivity index (χ4n) is 3.62. The molecule has 0 spiro atoms. The summed E-state index contributed by atoms with van der Waals surface area (Å²) in [5.74, 6) is -3.99. The number of carbonyl (C=O) groups is 2. The maximum Gasteiger partial charge on any atom is 0.268 e. The maximum atomic E-state index is 13.5. The van der Waals surface area contributed by atoms with Crippen molar-refractivity contribution in [3.63, 3.8) is 0 Å². The van der Waals surface area contributed by atoms with Crippen LogP contribution in [0, 0.1) is 11.3 Å². The molecule has 150 valence electrons. The molecule has 7 heteroatoms. The first-order valence-electron chi connectivity index (χ1n) is 9.41. The number of alkyl halides is 2. The summed E-state index contributed by atoms with van der Waals surface area (Å²) in [5.41, 5.74) is 2.24. The highest BCUT2D eigenvalue weighted by atomic mass is 19.3. The zero-order valence-corrected chi connectivity index (χ0v) is 16.0. The Morgan fingerprint density at radius 1 is 1.28 bits per heavy atom. The number of rotatable bonds is 6. The van der Waals surface area contributed by atoms with Crippen LogP contribution in [0.25, 0.3) is 0 Å². The van der Waals surface area contributed by atoms with E-state index in [-0.39, 0.29) is 24.5 Å². The van der Waals surface area contributed by atoms with E-state index >= 15 is 0 Å². The first-order valence-corrected chi connectivity index (χ1v) is 9.41. The van der Waals surface area contributed by atoms with Crippen LogP contribution in [-0.4, -0.2) is 40.1 Å². The molecule has 5 nitrogen and oxygen atoms in total. The van der Waals surface area contributed by atoms with Crippen molar-refractivity contribution in [2.75, 3.05) is 6.54 Å². The van der Waals surface area contributed by atoms with Gasteiger partial charge in [-0.05, 0) is 17.2 Å². The summed E-state index contributed by atoms with van der Waals surface area (Å²) in [7, 11) is 0. The highest BCUT2D eigenvalue weighted by Crippen LogP contribution is 2.32. The van der Waals surface area contributed by atoms with Crippen LogP contribution in [0.4, 0.5) is 8.78 Å². The van der Waals surface area contributed by atoms with Gasteiger partial charge in [0.1, 0.15) is 6.04 Å². The Labute approximate surface area is 168 Å². The van der Waals surface area contributed by atoms with Crippen LogP contribution >= 0.6 is 0 Å². The van der Waals surface area contributed by atoms with Gasteiger partial charge >= 0.3 is 0 Å². The molecule has 1 fully saturated rings. The molecular formula is C22H21F2N3O2. The van der Waals surface area contributed by atoms with E-state index in [4.69, 9.17) is 5.26 Å². The molecule has 1 saturated heterocycles. The first-order chi connectivity index (χ1) is 13.8. The van der Waals surface area contributed by atoms with Crippen LogP contribution < -0.4 is 0 Å². The lowest BCUT2D eigenvalue weighted by Crippen LogP contribution is -2.36. The molecule has 1 unspecified atom stereocenters. The molecular weight excluding hydrogens is 376 g/mol. The van der Waals surface area contributed by atoms with E-state index in [1.54, 1.807) is 18.3 Å². The number of pyridine rings is 1. The fraction of sp³-hybridized carbons (Fsp3) is 0.364. The topological polar surface area (TPSA) is 74.1 Å². The van der Waals surface area contributed by atoms with Gasteiger partial charge in [-0.1, -0.05) is 37.3 Å². The molecule has 1 aliphatic rings. The number of carbonyl (C=O) groups excluding carboxylic acids is 2. The number of likely N-dealkylation sites (tertiary alicyclic amines) is 1. The Hall–Kier alpha value is -3.14. The number of benzene rings is 1. The zero-order chi connectivity index (χ0) is 21.0. The first kappa shape index (κ1) is 20.6. The lowest BCUT2D eigenvalue weighted by molar-refractivity contribution is -0.132. The van der Waals surface area contributed by atoms with Gasteiger partial charge < -0.3 is 4.90 Å². The van der Waals surface area contributed by atoms with Crippen LogP contribution in [-0.2, 0) is 4.79 Å². The van der Waals surface area contributed by atoms with Gasteiger partial charge in [-0.3, -0.25) is 14.6 Å². The fourth-order valence-corrected chi connectivity index (χ4v) is 3.62. The quantitative estimate of drug-likeness (QED) is 0.692. The molecule has 1 amide bonds. The van der Waals surface area contributed by atoms with E-state index in [9.17, 15) is 18.4 Å². The number of ketones is 1. The molecule has 0 aliphatic carbocycles. The normalized spacial score (nSPS) is 18.8. The van der Waals surface area contributed by atoms with Crippen molar-refractivity contribution in [2.45, 2.75) is 44.1 Å². The Morgan fingerprint density at radius 3 is 2.69 bits per heavy atom. The predicted octanol–water partition coefficient (Wildman–Crippen LogP) is 3.96. The lowest BCUT2D eigenvalue weighted by atomic mass is 9.89. The van der Waals surface area contributed by atoms with Crippen molar-refractivity contribution >= 4 is 11.7 Å². The minimum atomic E-state index is -3.07. The van der Waals surface area contributed by atoms with E-state index < -0.39 is 30.8 Å². The van der Waals surface area contributed by atoms with Gasteiger partial charge in [-0.25, -0.2) is 8.78 Å². The van der Waals surface area contributed by atoms with Crippen molar-refractivity contribution in [1.29, 1.82) is 5.26 Å². The van der Waals surface area contributed by atoms with Crippen molar-refractivity contribution in [3.8, 4) is 6.07 Å². The van der Waals surface area contributed by atoms with Gasteiger partial charge in [0.05, 0.1) is 12.6 Å². The molecule has 29 heavy (non-hydrogen) atoms. The molecule has 0 bridgehead atoms. The van der Waals surface area contributed by atoms with E-state index in [2.05, 4.69) is 4.98 Å². The Kier molecular flexibility index (Phi) is 6.02. The van der Waals surface area contributed by atoms with Crippen LogP contribution in [0.5, 0.6) is 0 Å². The molecule has 0 saturated carbocycles. The molecule has 0 N–H and O–H groups in total. The second-order valence-electron chi connectivity index (χ2n) is 7.25. The predicted molar refractivity (Wildman–Crippen MR) is 102 cm³/mol. The van der Waals surface area contributed by atoms with E-state index in [0.29, 0.717) is 5.56 Å². The Balaban J connectivity index is 1.71. The minimum absolute atomic E-state index is 0.0696. The van der Waals surface area contributed by atoms with Crippen molar-refractivity contribution in [1.82, 2.24) is 9.88 Å². The molecule has 2 atom stereocenters. The SMILES string of the molecule is CC(c1ccccc1)c1cnccc1C(=O)CCC(=O)N1CC(F)(F)C[C@H]1C#N. The summed E-state index contributed by atoms with van der Waals surface area (Å²) in [6.45, 7) is 1.20. The summed E-state index contributed by atoms with van der Waals surface area (Å²) < 4.78 is 27.1. The van der Waals surface area contributed by atoms with E-state index in [0.717, 1.165) is 16.0 Å². The number of hydrogen-bond donors (Lipinski definition) is 0. The number of Topliss-reactive ketones (excluding diaryl/α,β-unsaturated/α-hetero) is 1. The molecule has 1 aromatic carbocycles. The smallest absolute Gasteiger partial charge is 0.268 e. The third kappa shape index (κ3) is 4.65. The third-order valence-electron chi connectivity index (χ3n) is 5.22. The number of aromatic nitrogens is 1. The minimum Gasteiger partial charge on any atom is -0.320 e. The van der Waals surface area contributed by atoms with Crippen molar-refractivity contribution in [2.24, 2.45) is 0 Å². The molecule has 1 aliphatic heterocycles. The molecule has 2 heterocycles. The van der Waals surface area contributed by atoms with Gasteiger partial charge in [-0.2, -0.15) is 5.26 Å². The molecule has 1 aromatic heterocycles. The second-order valence-corrected chi connectivity index (χ2v) is 7.25. The standard InChI is InChI=1S/C22H21F2N3O2/c1-15(16-5-3-2-4-6-16)19-13-26-10-9-18(19)20(28)7-8-21(29)27-14-22(23,24)11-17(27)12-25/h2-6,9-10,13,15,17H,7-8,11,14H2,1H3/t15?,17-/m0/s1. The van der Waals surface area contributed by atoms with Gasteiger partial charge in [0.15, 0.2) is 5.78 Å². The lowest BCUT2D eigenvalue weighted by Gasteiger charge is -2.19. The van der Waals surface area contributed by atoms with Crippen LogP contribution in [0.3, 0.4) is 0 Å². The maximum absolute atomic E-state index is 13.5. The third-order valence-corrected chi connectivity index (χ3v) is 5.22. The van der Waals surface area contributed by atoms with Crippen LogP contribution in [0.15, 0.2) is 48.8 Å². The summed E-state index contributed by atoms with van der Waals surface area (Å²) in [6.07, 6.45) is 2.17. The van der Waals surface area contributed by atoms with E-state index in [1.165, 1.54) is 6.20 Å². The van der Waals surface area contributed by atoms with Gasteiger partial charge in [0, 0.05) is 43.1 Å². The molecule has 3 rings (SSSR count). The van der Waals surface area contributed by atoms with Gasteiger partial charge in [0.25, 0.3) is 5.92 Å². The van der Waals surface area contributed by atoms with Crippen LogP contribution in [0.1, 0.15) is 53.6 Å². The molecule has 0 radical (unpaired) electrons. The highest BCUT2D eigenvalue weighted by Gasteiger charge is 2.47. The Bertz CT molecular complexity index is 941. The van der Waals surface area contributed by atoms with E-state index in [1.807, 2.05) is 37.3 Å².